The molecule has 0 aliphatic carbocycles. The average Bonchev–Trinajstić information content (AvgIpc) is 3.11. The first-order chi connectivity index (χ1) is 17.8. The highest BCUT2D eigenvalue weighted by atomic mass is 19.4. The summed E-state index contributed by atoms with van der Waals surface area (Å²) < 4.78 is 199. The zero-order valence-electron chi connectivity index (χ0n) is 18.7. The Balaban J connectivity index is 2.34. The first-order valence-corrected chi connectivity index (χ1v) is 10.2. The fourth-order valence-corrected chi connectivity index (χ4v) is 3.69. The SMILES string of the molecule is OC1C(C(O)C(F)(F)F)C(c2cc(C(F)(F)F)cc(C(F)(F)F)c2)=NN1c1cc(C(F)(F)F)cc(C(F)(F)F)c1. The summed E-state index contributed by atoms with van der Waals surface area (Å²) >= 11 is 0. The minimum absolute atomic E-state index is 0.116. The van der Waals surface area contributed by atoms with Gasteiger partial charge in [-0.1, -0.05) is 0 Å². The van der Waals surface area contributed by atoms with E-state index in [9.17, 15) is 76.1 Å². The van der Waals surface area contributed by atoms with E-state index in [4.69, 9.17) is 0 Å². The highest BCUT2D eigenvalue weighted by molar-refractivity contribution is 6.05. The van der Waals surface area contributed by atoms with Gasteiger partial charge >= 0.3 is 30.9 Å². The molecule has 2 aromatic carbocycles. The fourth-order valence-electron chi connectivity index (χ4n) is 3.69. The molecule has 3 atom stereocenters. The third-order valence-corrected chi connectivity index (χ3v) is 5.50. The molecule has 3 rings (SSSR count). The fraction of sp³-hybridized carbons (Fsp3) is 0.381. The number of aliphatic hydroxyl groups excluding tert-OH is 2. The Kier molecular flexibility index (Phi) is 7.60. The maximum Gasteiger partial charge on any atom is 0.416 e. The highest BCUT2D eigenvalue weighted by Crippen LogP contribution is 2.43. The molecule has 0 amide bonds. The van der Waals surface area contributed by atoms with E-state index in [1.54, 1.807) is 0 Å². The lowest BCUT2D eigenvalue weighted by atomic mass is 9.88. The molecule has 1 aliphatic heterocycles. The second kappa shape index (κ2) is 9.71. The van der Waals surface area contributed by atoms with Gasteiger partial charge in [0.05, 0.1) is 39.6 Å². The predicted octanol–water partition coefficient (Wildman–Crippen LogP) is 6.84. The number of hydrogen-bond donors (Lipinski definition) is 2. The van der Waals surface area contributed by atoms with Crippen LogP contribution in [0.25, 0.3) is 0 Å². The van der Waals surface area contributed by atoms with Crippen LogP contribution in [0, 0.1) is 5.92 Å². The number of hydrazone groups is 1. The second-order valence-electron chi connectivity index (χ2n) is 8.31. The number of alkyl halides is 15. The highest BCUT2D eigenvalue weighted by Gasteiger charge is 2.53. The Hall–Kier alpha value is -3.22. The van der Waals surface area contributed by atoms with Crippen molar-refractivity contribution >= 4 is 11.4 Å². The standard InChI is InChI=1S/C21H11F15N2O2/c22-17(23,24)8-1-7(2-9(3-8)18(25,26)27)14-13(15(39)21(34,35)36)16(40)38(37-14)12-5-10(19(28,29)30)4-11(6-12)20(31,32)33/h1-6,13,15-16,39-40H. The molecule has 2 aromatic rings. The number of rotatable bonds is 3. The summed E-state index contributed by atoms with van der Waals surface area (Å²) in [6, 6.07) is -1.35. The van der Waals surface area contributed by atoms with E-state index in [0.29, 0.717) is 0 Å². The molecular weight excluding hydrogens is 597 g/mol. The van der Waals surface area contributed by atoms with Crippen LogP contribution < -0.4 is 5.01 Å². The molecule has 0 aromatic heterocycles. The molecule has 40 heavy (non-hydrogen) atoms. The van der Waals surface area contributed by atoms with Crippen LogP contribution in [0.2, 0.25) is 0 Å². The molecule has 4 nitrogen and oxygen atoms in total. The first kappa shape index (κ1) is 31.3. The van der Waals surface area contributed by atoms with Gasteiger partial charge in [-0.15, -0.1) is 0 Å². The van der Waals surface area contributed by atoms with E-state index < -0.39 is 100 Å². The van der Waals surface area contributed by atoms with Crippen LogP contribution in [0.1, 0.15) is 27.8 Å². The third-order valence-electron chi connectivity index (χ3n) is 5.50. The number of anilines is 1. The van der Waals surface area contributed by atoms with Crippen LogP contribution in [0.3, 0.4) is 0 Å². The molecule has 0 bridgehead atoms. The van der Waals surface area contributed by atoms with Gasteiger partial charge < -0.3 is 10.2 Å². The second-order valence-corrected chi connectivity index (χ2v) is 8.31. The molecule has 222 valence electrons. The van der Waals surface area contributed by atoms with Crippen molar-refractivity contribution in [3.63, 3.8) is 0 Å². The summed E-state index contributed by atoms with van der Waals surface area (Å²) in [6.45, 7) is 0. The van der Waals surface area contributed by atoms with Gasteiger partial charge in [0.1, 0.15) is 0 Å². The van der Waals surface area contributed by atoms with Crippen LogP contribution in [0.4, 0.5) is 71.5 Å². The van der Waals surface area contributed by atoms with Gasteiger partial charge in [-0.25, -0.2) is 5.01 Å². The van der Waals surface area contributed by atoms with Gasteiger partial charge in [-0.2, -0.15) is 71.0 Å². The zero-order chi connectivity index (χ0) is 30.8. The Morgan fingerprint density at radius 2 is 0.950 bits per heavy atom. The van der Waals surface area contributed by atoms with Crippen LogP contribution in [-0.2, 0) is 24.7 Å². The lowest BCUT2D eigenvalue weighted by Crippen LogP contribution is -2.47. The monoisotopic (exact) mass is 608 g/mol. The van der Waals surface area contributed by atoms with E-state index in [-0.39, 0.29) is 29.3 Å². The summed E-state index contributed by atoms with van der Waals surface area (Å²) in [7, 11) is 0. The number of nitrogens with zero attached hydrogens (tertiary/aromatic N) is 2. The summed E-state index contributed by atoms with van der Waals surface area (Å²) in [5, 5.41) is 23.1. The van der Waals surface area contributed by atoms with Crippen LogP contribution in [0.15, 0.2) is 41.5 Å². The average molecular weight is 608 g/mol. The Bertz CT molecular complexity index is 1220. The molecular formula is C21H11F15N2O2. The van der Waals surface area contributed by atoms with Crippen molar-refractivity contribution in [2.75, 3.05) is 5.01 Å². The number of hydrogen-bond acceptors (Lipinski definition) is 4. The lowest BCUT2D eigenvalue weighted by molar-refractivity contribution is -0.218. The van der Waals surface area contributed by atoms with Crippen molar-refractivity contribution in [1.82, 2.24) is 0 Å². The molecule has 2 N–H and O–H groups in total. The van der Waals surface area contributed by atoms with Crippen molar-refractivity contribution < 1.29 is 76.1 Å². The minimum Gasteiger partial charge on any atom is -0.383 e. The summed E-state index contributed by atoms with van der Waals surface area (Å²) in [6.07, 6.45) is -34.6. The van der Waals surface area contributed by atoms with Crippen molar-refractivity contribution in [2.45, 2.75) is 43.2 Å². The van der Waals surface area contributed by atoms with Gasteiger partial charge in [0.25, 0.3) is 0 Å². The van der Waals surface area contributed by atoms with Crippen molar-refractivity contribution in [1.29, 1.82) is 0 Å². The van der Waals surface area contributed by atoms with Gasteiger partial charge in [0.2, 0.25) is 0 Å². The maximum absolute atomic E-state index is 13.4. The largest absolute Gasteiger partial charge is 0.416 e. The van der Waals surface area contributed by atoms with Gasteiger partial charge in [0, 0.05) is 0 Å². The number of aliphatic hydroxyl groups is 2. The van der Waals surface area contributed by atoms with E-state index in [0.717, 1.165) is 0 Å². The van der Waals surface area contributed by atoms with Crippen molar-refractivity contribution in [3.05, 3.63) is 64.2 Å². The molecule has 1 aliphatic rings. The zero-order valence-corrected chi connectivity index (χ0v) is 18.7. The van der Waals surface area contributed by atoms with Crippen LogP contribution in [0.5, 0.6) is 0 Å². The molecule has 0 radical (unpaired) electrons. The molecule has 3 unspecified atom stereocenters. The molecule has 0 saturated heterocycles. The molecule has 1 heterocycles. The number of halogens is 15. The van der Waals surface area contributed by atoms with Gasteiger partial charge in [-0.05, 0) is 42.0 Å². The quantitative estimate of drug-likeness (QED) is 0.376. The minimum atomic E-state index is -5.75. The van der Waals surface area contributed by atoms with E-state index in [1.807, 2.05) is 0 Å². The first-order valence-electron chi connectivity index (χ1n) is 10.2. The van der Waals surface area contributed by atoms with Crippen LogP contribution in [-0.4, -0.2) is 34.4 Å². The van der Waals surface area contributed by atoms with Gasteiger partial charge in [-0.3, -0.25) is 0 Å². The molecule has 0 spiro atoms. The Morgan fingerprint density at radius 1 is 0.600 bits per heavy atom. The van der Waals surface area contributed by atoms with Crippen molar-refractivity contribution in [3.8, 4) is 0 Å². The summed E-state index contributed by atoms with van der Waals surface area (Å²) in [5.41, 5.74) is -12.6. The molecule has 0 saturated carbocycles. The van der Waals surface area contributed by atoms with Crippen molar-refractivity contribution in [2.24, 2.45) is 11.0 Å². The maximum atomic E-state index is 13.4. The molecule has 19 heteroatoms. The Morgan fingerprint density at radius 3 is 1.27 bits per heavy atom. The molecule has 0 fully saturated rings. The summed E-state index contributed by atoms with van der Waals surface area (Å²) in [4.78, 5) is 0. The lowest BCUT2D eigenvalue weighted by Gasteiger charge is -2.28. The normalized spacial score (nSPS) is 20.1. The topological polar surface area (TPSA) is 56.1 Å². The van der Waals surface area contributed by atoms with E-state index in [2.05, 4.69) is 5.10 Å². The van der Waals surface area contributed by atoms with E-state index >= 15 is 0 Å². The smallest absolute Gasteiger partial charge is 0.383 e. The number of benzene rings is 2. The van der Waals surface area contributed by atoms with Crippen LogP contribution >= 0.6 is 0 Å². The summed E-state index contributed by atoms with van der Waals surface area (Å²) in [5.74, 6) is -2.99. The van der Waals surface area contributed by atoms with E-state index in [1.165, 1.54) is 0 Å². The predicted molar refractivity (Wildman–Crippen MR) is 103 cm³/mol. The third kappa shape index (κ3) is 6.39. The van der Waals surface area contributed by atoms with Gasteiger partial charge in [0.15, 0.2) is 12.3 Å². The Labute approximate surface area is 211 Å².